The summed E-state index contributed by atoms with van der Waals surface area (Å²) < 4.78 is 0. The van der Waals surface area contributed by atoms with E-state index in [4.69, 9.17) is 0 Å². The summed E-state index contributed by atoms with van der Waals surface area (Å²) in [4.78, 5) is 0. The van der Waals surface area contributed by atoms with E-state index in [-0.39, 0.29) is 11.5 Å². The van der Waals surface area contributed by atoms with Crippen molar-refractivity contribution in [2.24, 2.45) is 0 Å². The van der Waals surface area contributed by atoms with Crippen LogP contribution in [0.4, 0.5) is 0 Å². The average molecular weight is 202 g/mol. The van der Waals surface area contributed by atoms with Crippen molar-refractivity contribution in [2.75, 3.05) is 0 Å². The van der Waals surface area contributed by atoms with E-state index in [9.17, 15) is 5.11 Å². The topological polar surface area (TPSA) is 20.2 Å². The lowest BCUT2D eigenvalue weighted by Crippen LogP contribution is -2.22. The van der Waals surface area contributed by atoms with Gasteiger partial charge in [0, 0.05) is 5.41 Å². The molecule has 0 amide bonds. The minimum absolute atomic E-state index is 0.109. The molecule has 1 heteroatoms. The Labute approximate surface area is 91.1 Å². The summed E-state index contributed by atoms with van der Waals surface area (Å²) in [5.74, 6) is 0. The molecule has 2 aliphatic rings. The van der Waals surface area contributed by atoms with Crippen LogP contribution in [0.15, 0.2) is 18.2 Å². The molecule has 0 radical (unpaired) electrons. The number of fused-ring (bicyclic) bond motifs is 1. The number of rotatable bonds is 2. The van der Waals surface area contributed by atoms with E-state index in [1.807, 2.05) is 6.92 Å². The monoisotopic (exact) mass is 202 g/mol. The van der Waals surface area contributed by atoms with E-state index in [2.05, 4.69) is 18.2 Å². The molecule has 15 heavy (non-hydrogen) atoms. The van der Waals surface area contributed by atoms with Gasteiger partial charge in [0.2, 0.25) is 0 Å². The quantitative estimate of drug-likeness (QED) is 0.781. The molecule has 1 unspecified atom stereocenters. The second-order valence-corrected chi connectivity index (χ2v) is 5.17. The van der Waals surface area contributed by atoms with Crippen LogP contribution in [-0.2, 0) is 18.3 Å². The summed E-state index contributed by atoms with van der Waals surface area (Å²) in [5.41, 5.74) is 4.54. The molecule has 1 nitrogen and oxygen atoms in total. The van der Waals surface area contributed by atoms with E-state index in [1.165, 1.54) is 36.0 Å². The maximum atomic E-state index is 9.84. The van der Waals surface area contributed by atoms with Gasteiger partial charge in [0.1, 0.15) is 0 Å². The molecule has 0 aliphatic heterocycles. The SMILES string of the molecule is CC(O)C1(c2ccc3c(c2)CCC3)CC1. The Morgan fingerprint density at radius 1 is 1.20 bits per heavy atom. The number of aliphatic hydroxyl groups excluding tert-OH is 1. The number of hydrogen-bond donors (Lipinski definition) is 1. The van der Waals surface area contributed by atoms with Gasteiger partial charge in [0.05, 0.1) is 6.10 Å². The number of hydrogen-bond acceptors (Lipinski definition) is 1. The zero-order valence-corrected chi connectivity index (χ0v) is 9.29. The first-order chi connectivity index (χ1) is 7.22. The van der Waals surface area contributed by atoms with Crippen LogP contribution >= 0.6 is 0 Å². The largest absolute Gasteiger partial charge is 0.392 e. The maximum absolute atomic E-state index is 9.84. The van der Waals surface area contributed by atoms with Crippen LogP contribution in [0.25, 0.3) is 0 Å². The fourth-order valence-corrected chi connectivity index (χ4v) is 2.96. The first kappa shape index (κ1) is 9.41. The molecule has 0 saturated heterocycles. The van der Waals surface area contributed by atoms with Gasteiger partial charge in [0.25, 0.3) is 0 Å². The minimum Gasteiger partial charge on any atom is -0.392 e. The number of aryl methyl sites for hydroxylation is 2. The van der Waals surface area contributed by atoms with Gasteiger partial charge in [-0.05, 0) is 55.7 Å². The summed E-state index contributed by atoms with van der Waals surface area (Å²) in [6.45, 7) is 1.93. The highest BCUT2D eigenvalue weighted by atomic mass is 16.3. The highest BCUT2D eigenvalue weighted by molar-refractivity contribution is 5.41. The van der Waals surface area contributed by atoms with Gasteiger partial charge in [-0.15, -0.1) is 0 Å². The lowest BCUT2D eigenvalue weighted by atomic mass is 9.89. The zero-order chi connectivity index (χ0) is 10.5. The molecular formula is C14H18O. The molecule has 0 spiro atoms. The third-order valence-corrected chi connectivity index (χ3v) is 4.26. The van der Waals surface area contributed by atoms with E-state index in [1.54, 1.807) is 0 Å². The predicted octanol–water partition coefficient (Wildman–Crippen LogP) is 2.59. The lowest BCUT2D eigenvalue weighted by Gasteiger charge is -2.20. The summed E-state index contributed by atoms with van der Waals surface area (Å²) >= 11 is 0. The van der Waals surface area contributed by atoms with Crippen LogP contribution in [0, 0.1) is 0 Å². The van der Waals surface area contributed by atoms with Crippen LogP contribution in [-0.4, -0.2) is 11.2 Å². The molecule has 0 aromatic heterocycles. The Kier molecular flexibility index (Phi) is 1.93. The fourth-order valence-electron chi connectivity index (χ4n) is 2.96. The van der Waals surface area contributed by atoms with E-state index in [0.29, 0.717) is 0 Å². The lowest BCUT2D eigenvalue weighted by molar-refractivity contribution is 0.150. The molecule has 1 fully saturated rings. The third-order valence-electron chi connectivity index (χ3n) is 4.26. The predicted molar refractivity (Wildman–Crippen MR) is 61.1 cm³/mol. The Bertz CT molecular complexity index is 388. The Balaban J connectivity index is 2.00. The first-order valence-corrected chi connectivity index (χ1v) is 6.03. The van der Waals surface area contributed by atoms with Crippen LogP contribution in [0.5, 0.6) is 0 Å². The van der Waals surface area contributed by atoms with Gasteiger partial charge < -0.3 is 5.11 Å². The summed E-state index contributed by atoms with van der Waals surface area (Å²) in [6.07, 6.45) is 5.90. The third kappa shape index (κ3) is 1.33. The molecule has 0 heterocycles. The van der Waals surface area contributed by atoms with Crippen molar-refractivity contribution in [3.8, 4) is 0 Å². The Morgan fingerprint density at radius 2 is 1.93 bits per heavy atom. The van der Waals surface area contributed by atoms with Gasteiger partial charge in [-0.25, -0.2) is 0 Å². The van der Waals surface area contributed by atoms with Crippen molar-refractivity contribution < 1.29 is 5.11 Å². The highest BCUT2D eigenvalue weighted by Gasteiger charge is 2.48. The van der Waals surface area contributed by atoms with Crippen molar-refractivity contribution in [3.05, 3.63) is 34.9 Å². The molecule has 3 rings (SSSR count). The van der Waals surface area contributed by atoms with Crippen LogP contribution in [0.1, 0.15) is 42.9 Å². The normalized spacial score (nSPS) is 23.6. The van der Waals surface area contributed by atoms with Crippen molar-refractivity contribution >= 4 is 0 Å². The van der Waals surface area contributed by atoms with Crippen LogP contribution in [0.2, 0.25) is 0 Å². The summed E-state index contributed by atoms with van der Waals surface area (Å²) in [6, 6.07) is 6.87. The minimum atomic E-state index is -0.197. The van der Waals surface area contributed by atoms with Gasteiger partial charge in [-0.2, -0.15) is 0 Å². The molecule has 1 saturated carbocycles. The smallest absolute Gasteiger partial charge is 0.0608 e. The Hall–Kier alpha value is -0.820. The Morgan fingerprint density at radius 3 is 2.60 bits per heavy atom. The average Bonchev–Trinajstić information content (AvgIpc) is 2.91. The van der Waals surface area contributed by atoms with Crippen molar-refractivity contribution in [1.82, 2.24) is 0 Å². The van der Waals surface area contributed by atoms with E-state index in [0.717, 1.165) is 12.8 Å². The van der Waals surface area contributed by atoms with Crippen molar-refractivity contribution in [2.45, 2.75) is 50.5 Å². The van der Waals surface area contributed by atoms with Gasteiger partial charge in [0.15, 0.2) is 0 Å². The van der Waals surface area contributed by atoms with Crippen LogP contribution < -0.4 is 0 Å². The standard InChI is InChI=1S/C14H18O/c1-10(15)14(7-8-14)13-6-5-11-3-2-4-12(11)9-13/h5-6,9-10,15H,2-4,7-8H2,1H3. The first-order valence-electron chi connectivity index (χ1n) is 6.03. The molecule has 1 atom stereocenters. The second-order valence-electron chi connectivity index (χ2n) is 5.17. The van der Waals surface area contributed by atoms with E-state index < -0.39 is 0 Å². The van der Waals surface area contributed by atoms with Crippen molar-refractivity contribution in [3.63, 3.8) is 0 Å². The molecule has 2 aliphatic carbocycles. The molecule has 0 bridgehead atoms. The van der Waals surface area contributed by atoms with E-state index >= 15 is 0 Å². The molecular weight excluding hydrogens is 184 g/mol. The molecule has 1 aromatic carbocycles. The zero-order valence-electron chi connectivity index (χ0n) is 9.29. The molecule has 1 aromatic rings. The number of benzene rings is 1. The fraction of sp³-hybridized carbons (Fsp3) is 0.571. The molecule has 80 valence electrons. The summed E-state index contributed by atoms with van der Waals surface area (Å²) in [5, 5.41) is 9.84. The highest BCUT2D eigenvalue weighted by Crippen LogP contribution is 2.51. The van der Waals surface area contributed by atoms with Crippen molar-refractivity contribution in [1.29, 1.82) is 0 Å². The van der Waals surface area contributed by atoms with Gasteiger partial charge >= 0.3 is 0 Å². The molecule has 1 N–H and O–H groups in total. The maximum Gasteiger partial charge on any atom is 0.0608 e. The van der Waals surface area contributed by atoms with Crippen LogP contribution in [0.3, 0.4) is 0 Å². The van der Waals surface area contributed by atoms with Gasteiger partial charge in [-0.1, -0.05) is 18.2 Å². The summed E-state index contributed by atoms with van der Waals surface area (Å²) in [7, 11) is 0. The van der Waals surface area contributed by atoms with Gasteiger partial charge in [-0.3, -0.25) is 0 Å². The second kappa shape index (κ2) is 3.08. The number of aliphatic hydroxyl groups is 1.